The Hall–Kier alpha value is -1.78. The Kier molecular flexibility index (Phi) is 28.8. The van der Waals surface area contributed by atoms with Crippen molar-refractivity contribution < 1.29 is 34.7 Å². The van der Waals surface area contributed by atoms with Gasteiger partial charge < -0.3 is 46.0 Å². The minimum Gasteiger partial charge on any atom is -0.356 e. The van der Waals surface area contributed by atoms with E-state index in [1.54, 1.807) is 0 Å². The molecule has 0 atom stereocenters. The van der Waals surface area contributed by atoms with Gasteiger partial charge in [0.05, 0.1) is 15.3 Å². The minimum absolute atomic E-state index is 0. The molecule has 79 valence electrons. The summed E-state index contributed by atoms with van der Waals surface area (Å²) in [4.78, 5) is 24.8. The van der Waals surface area contributed by atoms with Gasteiger partial charge in [0.1, 0.15) is 0 Å². The predicted octanol–water partition coefficient (Wildman–Crippen LogP) is -0.720. The van der Waals surface area contributed by atoms with Crippen LogP contribution in [0.25, 0.3) is 0 Å². The molecule has 0 rings (SSSR count). The van der Waals surface area contributed by atoms with Crippen LogP contribution in [0, 0.1) is 46.0 Å². The van der Waals surface area contributed by atoms with E-state index in [4.69, 9.17) is 46.0 Å². The summed E-state index contributed by atoms with van der Waals surface area (Å²) in [6.45, 7) is 0. The molecule has 0 spiro atoms. The summed E-state index contributed by atoms with van der Waals surface area (Å²) in [6, 6.07) is 0. The Balaban J connectivity index is -0.0000000450. The van der Waals surface area contributed by atoms with Crippen LogP contribution in [0.15, 0.2) is 0 Å². The average Bonchev–Trinajstić information content (AvgIpc) is 1.54. The Morgan fingerprint density at radius 2 is 0.538 bits per heavy atom. The van der Waals surface area contributed by atoms with E-state index in [0.29, 0.717) is 0 Å². The van der Waals surface area contributed by atoms with Crippen LogP contribution in [0.5, 0.6) is 0 Å². The second-order valence-electron chi connectivity index (χ2n) is 0.671. The maximum Gasteiger partial charge on any atom is 2.00 e. The first-order valence-corrected chi connectivity index (χ1v) is 1.64. The van der Waals surface area contributed by atoms with Crippen molar-refractivity contribution >= 4 is 0 Å². The first-order valence-electron chi connectivity index (χ1n) is 1.64. The van der Waals surface area contributed by atoms with Crippen LogP contribution < -0.4 is 0 Å². The fourth-order valence-electron chi connectivity index (χ4n) is 0. The quantitative estimate of drug-likeness (QED) is 0.313. The van der Waals surface area contributed by atoms with E-state index in [0.717, 1.165) is 0 Å². The summed E-state index contributed by atoms with van der Waals surface area (Å²) in [5.41, 5.74) is 0. The second-order valence-corrected chi connectivity index (χ2v) is 0.671. The number of hydrogen-bond donors (Lipinski definition) is 0. The summed E-state index contributed by atoms with van der Waals surface area (Å²) < 4.78 is 0. The molecule has 0 aliphatic rings. The van der Waals surface area contributed by atoms with Crippen molar-refractivity contribution in [2.75, 3.05) is 0 Å². The van der Waals surface area contributed by atoms with Gasteiger partial charge in [-0.15, -0.1) is 0 Å². The van der Waals surface area contributed by atoms with Crippen molar-refractivity contribution in [2.45, 2.75) is 0 Å². The van der Waals surface area contributed by atoms with Gasteiger partial charge in [-0.3, -0.25) is 0 Å². The van der Waals surface area contributed by atoms with Crippen molar-refractivity contribution in [1.82, 2.24) is 0 Å². The molecule has 12 nitrogen and oxygen atoms in total. The summed E-state index contributed by atoms with van der Waals surface area (Å²) in [6.07, 6.45) is 0. The van der Waals surface area contributed by atoms with Gasteiger partial charge >= 0.3 is 19.5 Å². The molecule has 1 radical (unpaired) electrons. The Labute approximate surface area is 81.5 Å². The van der Waals surface area contributed by atoms with E-state index in [1.807, 2.05) is 0 Å². The predicted molar refractivity (Wildman–Crippen MR) is 31.1 cm³/mol. The third-order valence-corrected chi connectivity index (χ3v) is 0. The van der Waals surface area contributed by atoms with Gasteiger partial charge in [0.15, 0.2) is 0 Å². The standard InChI is InChI=1S/3NO3.Rh/c3*2-1(3)4;/q3*-1;+2. The molecule has 0 saturated heterocycles. The van der Waals surface area contributed by atoms with Gasteiger partial charge in [-0.2, -0.15) is 0 Å². The van der Waals surface area contributed by atoms with Crippen LogP contribution in [0.3, 0.4) is 0 Å². The fourth-order valence-corrected chi connectivity index (χ4v) is 0. The van der Waals surface area contributed by atoms with Crippen LogP contribution >= 0.6 is 0 Å². The molecule has 0 unspecified atom stereocenters. The molecular weight excluding hydrogens is 289 g/mol. The fraction of sp³-hybridized carbons (Fsp3) is 0. The maximum atomic E-state index is 8.25. The largest absolute Gasteiger partial charge is 2.00 e. The molecule has 0 aromatic heterocycles. The van der Waals surface area contributed by atoms with Crippen molar-refractivity contribution in [3.8, 4) is 0 Å². The molecule has 0 bridgehead atoms. The third-order valence-electron chi connectivity index (χ3n) is 0. The van der Waals surface area contributed by atoms with Crippen molar-refractivity contribution in [2.24, 2.45) is 0 Å². The first-order chi connectivity index (χ1) is 5.20. The monoisotopic (exact) mass is 289 g/mol. The molecule has 13 heteroatoms. The molecule has 0 aromatic rings. The molecule has 0 aliphatic carbocycles. The summed E-state index contributed by atoms with van der Waals surface area (Å²) in [7, 11) is 0. The van der Waals surface area contributed by atoms with Crippen molar-refractivity contribution in [3.05, 3.63) is 46.0 Å². The van der Waals surface area contributed by atoms with Crippen LogP contribution in [-0.4, -0.2) is 15.3 Å². The topological polar surface area (TPSA) is 199 Å². The van der Waals surface area contributed by atoms with Crippen molar-refractivity contribution in [3.63, 3.8) is 0 Å². The Bertz CT molecular complexity index is 112. The van der Waals surface area contributed by atoms with E-state index in [1.165, 1.54) is 0 Å². The van der Waals surface area contributed by atoms with Gasteiger partial charge in [0, 0.05) is 0 Å². The molecule has 0 aliphatic heterocycles. The van der Waals surface area contributed by atoms with Gasteiger partial charge in [-0.05, 0) is 0 Å². The molecule has 13 heavy (non-hydrogen) atoms. The van der Waals surface area contributed by atoms with Crippen LogP contribution in [0.1, 0.15) is 0 Å². The van der Waals surface area contributed by atoms with Crippen LogP contribution in [0.4, 0.5) is 0 Å². The minimum atomic E-state index is -1.75. The number of rotatable bonds is 0. The summed E-state index contributed by atoms with van der Waals surface area (Å²) >= 11 is 0. The number of nitrogens with zero attached hydrogens (tertiary/aromatic N) is 3. The Morgan fingerprint density at radius 1 is 0.538 bits per heavy atom. The smallest absolute Gasteiger partial charge is 0.356 e. The third kappa shape index (κ3) is 219. The van der Waals surface area contributed by atoms with E-state index in [-0.39, 0.29) is 19.5 Å². The molecule has 0 aromatic carbocycles. The average molecular weight is 289 g/mol. The van der Waals surface area contributed by atoms with Gasteiger partial charge in [0.2, 0.25) is 0 Å². The Morgan fingerprint density at radius 3 is 0.538 bits per heavy atom. The first kappa shape index (κ1) is 22.5. The molecule has 0 N–H and O–H groups in total. The van der Waals surface area contributed by atoms with Crippen LogP contribution in [0.2, 0.25) is 0 Å². The summed E-state index contributed by atoms with van der Waals surface area (Å²) in [5, 5.41) is 44.2. The summed E-state index contributed by atoms with van der Waals surface area (Å²) in [5.74, 6) is 0. The zero-order valence-corrected chi connectivity index (χ0v) is 6.99. The van der Waals surface area contributed by atoms with Crippen molar-refractivity contribution in [1.29, 1.82) is 0 Å². The van der Waals surface area contributed by atoms with Gasteiger partial charge in [-0.1, -0.05) is 0 Å². The van der Waals surface area contributed by atoms with Crippen LogP contribution in [-0.2, 0) is 19.5 Å². The van der Waals surface area contributed by atoms with Gasteiger partial charge in [0.25, 0.3) is 0 Å². The molecular formula is N3O9Rh-. The zero-order chi connectivity index (χ0) is 10.7. The van der Waals surface area contributed by atoms with E-state index < -0.39 is 15.3 Å². The van der Waals surface area contributed by atoms with E-state index >= 15 is 0 Å². The molecule has 0 saturated carbocycles. The molecule has 0 fully saturated rings. The maximum absolute atomic E-state index is 8.25. The van der Waals surface area contributed by atoms with E-state index in [2.05, 4.69) is 0 Å². The normalized spacial score (nSPS) is 5.54. The second kappa shape index (κ2) is 16.7. The number of hydrogen-bond acceptors (Lipinski definition) is 9. The SMILES string of the molecule is O=[N+]([O-])[O-].O=[N+]([O-])[O-].O=[N+]([O-])[O-].[Rh+2]. The zero-order valence-electron chi connectivity index (χ0n) is 5.35. The van der Waals surface area contributed by atoms with E-state index in [9.17, 15) is 0 Å². The van der Waals surface area contributed by atoms with Gasteiger partial charge in [-0.25, -0.2) is 0 Å². The molecule has 0 heterocycles. The molecule has 0 amide bonds.